The molecule has 34 heavy (non-hydrogen) atoms. The molecule has 1 N–H and O–H groups in total. The Bertz CT molecular complexity index is 1030. The molecule has 1 aromatic carbocycles. The molecule has 2 heterocycles. The molecule has 0 spiro atoms. The van der Waals surface area contributed by atoms with E-state index in [9.17, 15) is 18.0 Å². The minimum absolute atomic E-state index is 0.137. The van der Waals surface area contributed by atoms with E-state index < -0.39 is 21.9 Å². The van der Waals surface area contributed by atoms with E-state index in [-0.39, 0.29) is 30.5 Å². The second-order valence-electron chi connectivity index (χ2n) is 8.80. The van der Waals surface area contributed by atoms with Gasteiger partial charge in [0.15, 0.2) is 18.1 Å². The van der Waals surface area contributed by atoms with Crippen LogP contribution in [0.1, 0.15) is 44.9 Å². The summed E-state index contributed by atoms with van der Waals surface area (Å²) < 4.78 is 43.6. The summed E-state index contributed by atoms with van der Waals surface area (Å²) in [5.41, 5.74) is 1.38. The van der Waals surface area contributed by atoms with Gasteiger partial charge in [-0.05, 0) is 57.1 Å². The first-order chi connectivity index (χ1) is 16.4. The topological polar surface area (TPSA) is 111 Å². The molecule has 1 fully saturated rings. The Labute approximate surface area is 200 Å². The predicted octanol–water partition coefficient (Wildman–Crippen LogP) is 2.41. The van der Waals surface area contributed by atoms with Gasteiger partial charge in [0.1, 0.15) is 13.2 Å². The minimum Gasteiger partial charge on any atom is -0.486 e. The van der Waals surface area contributed by atoms with Crippen LogP contribution in [-0.2, 0) is 24.3 Å². The predicted molar refractivity (Wildman–Crippen MR) is 124 cm³/mol. The summed E-state index contributed by atoms with van der Waals surface area (Å²) in [4.78, 5) is 24.5. The number of benzene rings is 1. The number of nitrogens with one attached hydrogen (secondary N) is 1. The van der Waals surface area contributed by atoms with Gasteiger partial charge in [-0.2, -0.15) is 4.31 Å². The number of piperidine rings is 1. The van der Waals surface area contributed by atoms with Gasteiger partial charge in [0, 0.05) is 25.7 Å². The number of sulfonamides is 1. The van der Waals surface area contributed by atoms with Crippen molar-refractivity contribution in [2.75, 3.05) is 39.5 Å². The number of hydrogen-bond donors (Lipinski definition) is 1. The zero-order chi connectivity index (χ0) is 24.0. The summed E-state index contributed by atoms with van der Waals surface area (Å²) in [6.45, 7) is 1.45. The zero-order valence-corrected chi connectivity index (χ0v) is 20.1. The third-order valence-corrected chi connectivity index (χ3v) is 8.33. The van der Waals surface area contributed by atoms with E-state index in [1.807, 2.05) is 0 Å². The fraction of sp³-hybridized carbons (Fsp3) is 0.583. The quantitative estimate of drug-likeness (QED) is 0.438. The van der Waals surface area contributed by atoms with Crippen LogP contribution < -0.4 is 14.8 Å². The molecule has 1 amide bonds. The standard InChI is InChI=1S/C24H32N2O7S/c27-23(25-11-8-18-4-2-1-3-5-18)17-33-24(28)19-9-12-26(13-10-19)34(29,30)20-6-7-21-22(16-20)32-15-14-31-21/h4,6-7,16,19H,1-3,5,8-15,17H2,(H,25,27). The van der Waals surface area contributed by atoms with Crippen molar-refractivity contribution in [2.24, 2.45) is 5.92 Å². The normalized spacial score (nSPS) is 19.2. The molecule has 186 valence electrons. The van der Waals surface area contributed by atoms with Crippen molar-refractivity contribution in [3.05, 3.63) is 29.8 Å². The lowest BCUT2D eigenvalue weighted by atomic mass is 9.97. The van der Waals surface area contributed by atoms with Crippen molar-refractivity contribution in [1.29, 1.82) is 0 Å². The number of ether oxygens (including phenoxy) is 3. The molecular formula is C24H32N2O7S. The molecule has 2 aliphatic heterocycles. The van der Waals surface area contributed by atoms with Crippen molar-refractivity contribution >= 4 is 21.9 Å². The number of carbonyl (C=O) groups is 2. The Balaban J connectivity index is 1.20. The van der Waals surface area contributed by atoms with Gasteiger partial charge >= 0.3 is 5.97 Å². The van der Waals surface area contributed by atoms with Gasteiger partial charge in [0.25, 0.3) is 5.91 Å². The molecule has 3 aliphatic rings. The van der Waals surface area contributed by atoms with Gasteiger partial charge in [-0.1, -0.05) is 11.6 Å². The van der Waals surface area contributed by atoms with Gasteiger partial charge in [-0.3, -0.25) is 9.59 Å². The van der Waals surface area contributed by atoms with Crippen LogP contribution in [-0.4, -0.2) is 64.1 Å². The second kappa shape index (κ2) is 11.2. The number of esters is 1. The van der Waals surface area contributed by atoms with Gasteiger partial charge < -0.3 is 19.5 Å². The van der Waals surface area contributed by atoms with Crippen LogP contribution in [0.3, 0.4) is 0 Å². The molecule has 0 saturated carbocycles. The monoisotopic (exact) mass is 492 g/mol. The van der Waals surface area contributed by atoms with Gasteiger partial charge in [0.05, 0.1) is 10.8 Å². The van der Waals surface area contributed by atoms with Crippen molar-refractivity contribution in [1.82, 2.24) is 9.62 Å². The second-order valence-corrected chi connectivity index (χ2v) is 10.7. The molecule has 1 saturated heterocycles. The Morgan fingerprint density at radius 2 is 1.85 bits per heavy atom. The Kier molecular flexibility index (Phi) is 8.10. The lowest BCUT2D eigenvalue weighted by Gasteiger charge is -2.30. The highest BCUT2D eigenvalue weighted by atomic mass is 32.2. The highest BCUT2D eigenvalue weighted by molar-refractivity contribution is 7.89. The average Bonchev–Trinajstić information content (AvgIpc) is 2.87. The van der Waals surface area contributed by atoms with Gasteiger partial charge in [-0.25, -0.2) is 8.42 Å². The van der Waals surface area contributed by atoms with Gasteiger partial charge in [0.2, 0.25) is 10.0 Å². The van der Waals surface area contributed by atoms with E-state index >= 15 is 0 Å². The van der Waals surface area contributed by atoms with E-state index in [1.165, 1.54) is 34.9 Å². The summed E-state index contributed by atoms with van der Waals surface area (Å²) in [5.74, 6) is -0.252. The lowest BCUT2D eigenvalue weighted by Crippen LogP contribution is -2.41. The molecule has 0 radical (unpaired) electrons. The molecular weight excluding hydrogens is 460 g/mol. The zero-order valence-electron chi connectivity index (χ0n) is 19.3. The maximum Gasteiger partial charge on any atom is 0.309 e. The maximum absolute atomic E-state index is 13.0. The van der Waals surface area contributed by atoms with Gasteiger partial charge in [-0.15, -0.1) is 0 Å². The van der Waals surface area contributed by atoms with Crippen LogP contribution in [0.5, 0.6) is 11.5 Å². The van der Waals surface area contributed by atoms with Crippen LogP contribution in [0.4, 0.5) is 0 Å². The maximum atomic E-state index is 13.0. The van der Waals surface area contributed by atoms with Crippen LogP contribution in [0.15, 0.2) is 34.7 Å². The van der Waals surface area contributed by atoms with Crippen LogP contribution in [0, 0.1) is 5.92 Å². The smallest absolute Gasteiger partial charge is 0.309 e. The fourth-order valence-corrected chi connectivity index (χ4v) is 5.95. The third-order valence-electron chi connectivity index (χ3n) is 6.44. The van der Waals surface area contributed by atoms with E-state index in [1.54, 1.807) is 6.07 Å². The first kappa shape index (κ1) is 24.5. The molecule has 4 rings (SSSR count). The van der Waals surface area contributed by atoms with E-state index in [0.29, 0.717) is 44.1 Å². The van der Waals surface area contributed by atoms with E-state index in [2.05, 4.69) is 11.4 Å². The molecule has 0 unspecified atom stereocenters. The first-order valence-electron chi connectivity index (χ1n) is 11.9. The third kappa shape index (κ3) is 6.09. The number of nitrogens with zero attached hydrogens (tertiary/aromatic N) is 1. The van der Waals surface area contributed by atoms with E-state index in [4.69, 9.17) is 14.2 Å². The fourth-order valence-electron chi connectivity index (χ4n) is 4.46. The first-order valence-corrected chi connectivity index (χ1v) is 13.4. The number of carbonyl (C=O) groups excluding carboxylic acids is 2. The van der Waals surface area contributed by atoms with Crippen molar-refractivity contribution in [3.63, 3.8) is 0 Å². The summed E-state index contributed by atoms with van der Waals surface area (Å²) in [7, 11) is -3.71. The Morgan fingerprint density at radius 3 is 2.59 bits per heavy atom. The molecule has 1 aliphatic carbocycles. The molecule has 10 heteroatoms. The minimum atomic E-state index is -3.71. The Hall–Kier alpha value is -2.59. The number of rotatable bonds is 8. The largest absolute Gasteiger partial charge is 0.486 e. The lowest BCUT2D eigenvalue weighted by molar-refractivity contribution is -0.153. The number of amides is 1. The SMILES string of the molecule is O=C(COC(=O)C1CCN(S(=O)(=O)c2ccc3c(c2)OCCO3)CC1)NCCC1=CCCCC1. The van der Waals surface area contributed by atoms with Crippen molar-refractivity contribution in [2.45, 2.75) is 49.8 Å². The molecule has 0 aromatic heterocycles. The number of fused-ring (bicyclic) bond motifs is 1. The van der Waals surface area contributed by atoms with Crippen molar-refractivity contribution in [3.8, 4) is 11.5 Å². The Morgan fingerprint density at radius 1 is 1.09 bits per heavy atom. The summed E-state index contributed by atoms with van der Waals surface area (Å²) in [6, 6.07) is 4.59. The molecule has 1 aromatic rings. The molecule has 0 atom stereocenters. The molecule has 0 bridgehead atoms. The van der Waals surface area contributed by atoms with Crippen LogP contribution in [0.2, 0.25) is 0 Å². The van der Waals surface area contributed by atoms with Crippen molar-refractivity contribution < 1.29 is 32.2 Å². The highest BCUT2D eigenvalue weighted by Gasteiger charge is 2.33. The number of allylic oxidation sites excluding steroid dienone is 1. The summed E-state index contributed by atoms with van der Waals surface area (Å²) in [5, 5.41) is 2.79. The summed E-state index contributed by atoms with van der Waals surface area (Å²) >= 11 is 0. The summed E-state index contributed by atoms with van der Waals surface area (Å²) in [6.07, 6.45) is 8.40. The highest BCUT2D eigenvalue weighted by Crippen LogP contribution is 2.34. The average molecular weight is 493 g/mol. The molecule has 9 nitrogen and oxygen atoms in total. The number of hydrogen-bond acceptors (Lipinski definition) is 7. The van der Waals surface area contributed by atoms with Crippen LogP contribution in [0.25, 0.3) is 0 Å². The van der Waals surface area contributed by atoms with E-state index in [0.717, 1.165) is 19.3 Å². The van der Waals surface area contributed by atoms with Crippen LogP contribution >= 0.6 is 0 Å².